The molecule has 0 saturated carbocycles. The molecule has 0 saturated heterocycles. The van der Waals surface area contributed by atoms with E-state index in [1.54, 1.807) is 18.4 Å². The zero-order chi connectivity index (χ0) is 17.1. The van der Waals surface area contributed by atoms with Gasteiger partial charge in [0.2, 0.25) is 5.91 Å². The zero-order valence-corrected chi connectivity index (χ0v) is 15.0. The van der Waals surface area contributed by atoms with E-state index in [2.05, 4.69) is 25.9 Å². The van der Waals surface area contributed by atoms with Crippen LogP contribution < -0.4 is 20.9 Å². The number of aromatic nitrogens is 1. The number of thiazole rings is 1. The van der Waals surface area contributed by atoms with Gasteiger partial charge in [0.15, 0.2) is 11.1 Å². The fourth-order valence-electron chi connectivity index (χ4n) is 1.60. The van der Waals surface area contributed by atoms with Gasteiger partial charge in [0, 0.05) is 39.7 Å². The van der Waals surface area contributed by atoms with Crippen molar-refractivity contribution >= 4 is 28.3 Å². The number of aliphatic imine (C=N–C) groups is 1. The highest BCUT2D eigenvalue weighted by molar-refractivity contribution is 7.13. The third-order valence-electron chi connectivity index (χ3n) is 2.71. The van der Waals surface area contributed by atoms with Gasteiger partial charge in [-0.05, 0) is 6.92 Å². The second-order valence-electron chi connectivity index (χ2n) is 4.91. The molecule has 0 fully saturated rings. The Kier molecular flexibility index (Phi) is 9.00. The number of ether oxygens (including phenoxy) is 1. The first kappa shape index (κ1) is 19.2. The predicted octanol–water partition coefficient (Wildman–Crippen LogP) is 0.0268. The Morgan fingerprint density at radius 3 is 2.78 bits per heavy atom. The first-order chi connectivity index (χ1) is 11.1. The first-order valence-electron chi connectivity index (χ1n) is 7.46. The molecule has 0 aromatic carbocycles. The smallest absolute Gasteiger partial charge is 0.239 e. The molecule has 0 unspecified atom stereocenters. The van der Waals surface area contributed by atoms with Crippen molar-refractivity contribution in [1.82, 2.24) is 20.9 Å². The summed E-state index contributed by atoms with van der Waals surface area (Å²) in [6.45, 7) is 4.31. The standard InChI is InChI=1S/C14H26N6O2S/c1-5-15-13(18-9-12(21)16-6-7-22-4)17-8-11-10-23-14(19-11)20(2)3/h10H,5-9H2,1-4H3,(H,16,21)(H2,15,17,18). The summed E-state index contributed by atoms with van der Waals surface area (Å²) < 4.78 is 4.88. The largest absolute Gasteiger partial charge is 0.383 e. The van der Waals surface area contributed by atoms with E-state index in [4.69, 9.17) is 4.74 Å². The lowest BCUT2D eigenvalue weighted by atomic mass is 10.5. The van der Waals surface area contributed by atoms with Crippen molar-refractivity contribution in [3.05, 3.63) is 11.1 Å². The van der Waals surface area contributed by atoms with Crippen LogP contribution in [0.1, 0.15) is 12.6 Å². The maximum Gasteiger partial charge on any atom is 0.239 e. The monoisotopic (exact) mass is 342 g/mol. The molecule has 1 amide bonds. The van der Waals surface area contributed by atoms with E-state index in [9.17, 15) is 4.79 Å². The number of nitrogens with zero attached hydrogens (tertiary/aromatic N) is 3. The van der Waals surface area contributed by atoms with Crippen LogP contribution in [0.25, 0.3) is 0 Å². The molecule has 3 N–H and O–H groups in total. The molecule has 0 aliphatic carbocycles. The van der Waals surface area contributed by atoms with Crippen molar-refractivity contribution in [2.75, 3.05) is 52.3 Å². The fourth-order valence-corrected chi connectivity index (χ4v) is 2.34. The van der Waals surface area contributed by atoms with Crippen molar-refractivity contribution in [1.29, 1.82) is 0 Å². The van der Waals surface area contributed by atoms with Crippen molar-refractivity contribution in [3.63, 3.8) is 0 Å². The Hall–Kier alpha value is -1.87. The minimum Gasteiger partial charge on any atom is -0.383 e. The molecule has 1 aromatic heterocycles. The van der Waals surface area contributed by atoms with Crippen molar-refractivity contribution in [2.45, 2.75) is 13.5 Å². The highest BCUT2D eigenvalue weighted by Crippen LogP contribution is 2.18. The SMILES string of the molecule is CCNC(=NCc1csc(N(C)C)n1)NCC(=O)NCCOC. The Morgan fingerprint density at radius 1 is 1.39 bits per heavy atom. The first-order valence-corrected chi connectivity index (χ1v) is 8.34. The van der Waals surface area contributed by atoms with Crippen LogP contribution in [0.3, 0.4) is 0 Å². The van der Waals surface area contributed by atoms with Crippen LogP contribution >= 0.6 is 11.3 Å². The Bertz CT molecular complexity index is 503. The maximum absolute atomic E-state index is 11.7. The van der Waals surface area contributed by atoms with E-state index in [0.717, 1.165) is 17.4 Å². The lowest BCUT2D eigenvalue weighted by Gasteiger charge is -2.11. The van der Waals surface area contributed by atoms with Crippen LogP contribution in [0.2, 0.25) is 0 Å². The topological polar surface area (TPSA) is 90.9 Å². The number of guanidine groups is 1. The second kappa shape index (κ2) is 10.8. The number of anilines is 1. The van der Waals surface area contributed by atoms with Gasteiger partial charge in [0.25, 0.3) is 0 Å². The Balaban J connectivity index is 2.47. The maximum atomic E-state index is 11.7. The molecule has 0 aliphatic heterocycles. The molecule has 1 heterocycles. The molecule has 130 valence electrons. The quantitative estimate of drug-likeness (QED) is 0.333. The van der Waals surface area contributed by atoms with Crippen LogP contribution in [0.15, 0.2) is 10.4 Å². The number of carbonyl (C=O) groups excluding carboxylic acids is 1. The van der Waals surface area contributed by atoms with Gasteiger partial charge in [0.1, 0.15) is 0 Å². The number of methoxy groups -OCH3 is 1. The average Bonchev–Trinajstić information content (AvgIpc) is 2.99. The molecule has 8 nitrogen and oxygen atoms in total. The summed E-state index contributed by atoms with van der Waals surface area (Å²) in [7, 11) is 5.51. The number of nitrogens with one attached hydrogen (secondary N) is 3. The van der Waals surface area contributed by atoms with E-state index in [1.807, 2.05) is 31.3 Å². The summed E-state index contributed by atoms with van der Waals surface area (Å²) in [6.07, 6.45) is 0. The fraction of sp³-hybridized carbons (Fsp3) is 0.643. The van der Waals surface area contributed by atoms with Crippen LogP contribution in [0, 0.1) is 0 Å². The molecule has 0 radical (unpaired) electrons. The normalized spacial score (nSPS) is 11.2. The van der Waals surface area contributed by atoms with E-state index >= 15 is 0 Å². The zero-order valence-electron chi connectivity index (χ0n) is 14.2. The molecule has 0 bridgehead atoms. The summed E-state index contributed by atoms with van der Waals surface area (Å²) in [4.78, 5) is 22.5. The highest BCUT2D eigenvalue weighted by Gasteiger charge is 2.05. The van der Waals surface area contributed by atoms with Gasteiger partial charge in [-0.25, -0.2) is 9.98 Å². The van der Waals surface area contributed by atoms with Gasteiger partial charge in [0.05, 0.1) is 25.4 Å². The van der Waals surface area contributed by atoms with Crippen LogP contribution in [-0.4, -0.2) is 64.3 Å². The lowest BCUT2D eigenvalue weighted by Crippen LogP contribution is -2.43. The molecule has 0 atom stereocenters. The summed E-state index contributed by atoms with van der Waals surface area (Å²) in [5, 5.41) is 11.8. The minimum absolute atomic E-state index is 0.101. The van der Waals surface area contributed by atoms with E-state index in [0.29, 0.717) is 25.7 Å². The van der Waals surface area contributed by atoms with Crippen molar-refractivity contribution in [3.8, 4) is 0 Å². The predicted molar refractivity (Wildman–Crippen MR) is 94.1 cm³/mol. The highest BCUT2D eigenvalue weighted by atomic mass is 32.1. The third kappa shape index (κ3) is 7.80. The number of hydrogen-bond donors (Lipinski definition) is 3. The van der Waals surface area contributed by atoms with E-state index < -0.39 is 0 Å². The second-order valence-corrected chi connectivity index (χ2v) is 5.74. The summed E-state index contributed by atoms with van der Waals surface area (Å²) in [6, 6.07) is 0. The lowest BCUT2D eigenvalue weighted by molar-refractivity contribution is -0.120. The van der Waals surface area contributed by atoms with Gasteiger partial charge in [-0.15, -0.1) is 11.3 Å². The van der Waals surface area contributed by atoms with Gasteiger partial charge < -0.3 is 25.6 Å². The number of rotatable bonds is 9. The minimum atomic E-state index is -0.101. The molecule has 0 aliphatic rings. The van der Waals surface area contributed by atoms with Gasteiger partial charge in [-0.3, -0.25) is 4.79 Å². The molecule has 23 heavy (non-hydrogen) atoms. The van der Waals surface area contributed by atoms with E-state index in [-0.39, 0.29) is 12.5 Å². The summed E-state index contributed by atoms with van der Waals surface area (Å²) in [5.41, 5.74) is 0.903. The number of hydrogen-bond acceptors (Lipinski definition) is 6. The van der Waals surface area contributed by atoms with Crippen LogP contribution in [-0.2, 0) is 16.1 Å². The van der Waals surface area contributed by atoms with Gasteiger partial charge in [-0.1, -0.05) is 0 Å². The average molecular weight is 342 g/mol. The molecule has 0 spiro atoms. The Labute approximate surface area is 141 Å². The molecule has 1 aromatic rings. The number of amides is 1. The molecular weight excluding hydrogens is 316 g/mol. The van der Waals surface area contributed by atoms with Crippen molar-refractivity contribution in [2.24, 2.45) is 4.99 Å². The summed E-state index contributed by atoms with van der Waals surface area (Å²) >= 11 is 1.58. The molecule has 9 heteroatoms. The van der Waals surface area contributed by atoms with E-state index in [1.165, 1.54) is 0 Å². The molecule has 1 rings (SSSR count). The van der Waals surface area contributed by atoms with Gasteiger partial charge >= 0.3 is 0 Å². The van der Waals surface area contributed by atoms with Crippen molar-refractivity contribution < 1.29 is 9.53 Å². The van der Waals surface area contributed by atoms with Gasteiger partial charge in [-0.2, -0.15) is 0 Å². The number of carbonyl (C=O) groups is 1. The van der Waals surface area contributed by atoms with Crippen LogP contribution in [0.5, 0.6) is 0 Å². The Morgan fingerprint density at radius 2 is 2.17 bits per heavy atom. The van der Waals surface area contributed by atoms with Crippen LogP contribution in [0.4, 0.5) is 5.13 Å². The summed E-state index contributed by atoms with van der Waals surface area (Å²) in [5.74, 6) is 0.491. The third-order valence-corrected chi connectivity index (χ3v) is 3.77. The molecular formula is C14H26N6O2S.